The van der Waals surface area contributed by atoms with Crippen LogP contribution in [0, 0.1) is 13.8 Å². The van der Waals surface area contributed by atoms with Crippen molar-refractivity contribution in [2.75, 3.05) is 6.54 Å². The van der Waals surface area contributed by atoms with Crippen molar-refractivity contribution in [2.45, 2.75) is 46.1 Å². The Labute approximate surface area is 123 Å². The van der Waals surface area contributed by atoms with Gasteiger partial charge in [0.25, 0.3) is 0 Å². The molecule has 0 saturated heterocycles. The topological polar surface area (TPSA) is 24.9 Å². The first-order valence-electron chi connectivity index (χ1n) is 6.87. The van der Waals surface area contributed by atoms with E-state index in [4.69, 9.17) is 0 Å². The predicted molar refractivity (Wildman–Crippen MR) is 85.4 cm³/mol. The first-order chi connectivity index (χ1) is 9.19. The van der Waals surface area contributed by atoms with E-state index in [1.165, 1.54) is 26.9 Å². The maximum absolute atomic E-state index is 4.67. The maximum Gasteiger partial charge on any atom is 0.0946 e. The van der Waals surface area contributed by atoms with Crippen LogP contribution in [0.4, 0.5) is 0 Å². The van der Waals surface area contributed by atoms with Crippen LogP contribution in [-0.2, 0) is 12.8 Å². The summed E-state index contributed by atoms with van der Waals surface area (Å²) >= 11 is 3.69. The van der Waals surface area contributed by atoms with Crippen molar-refractivity contribution in [3.05, 3.63) is 38.0 Å². The molecule has 104 valence electrons. The van der Waals surface area contributed by atoms with E-state index in [-0.39, 0.29) is 0 Å². The summed E-state index contributed by atoms with van der Waals surface area (Å²) in [6.07, 6.45) is 3.32. The van der Waals surface area contributed by atoms with Crippen molar-refractivity contribution in [1.82, 2.24) is 10.3 Å². The number of aromatic nitrogens is 1. The third-order valence-electron chi connectivity index (χ3n) is 3.20. The Morgan fingerprint density at radius 3 is 2.74 bits per heavy atom. The Morgan fingerprint density at radius 2 is 2.16 bits per heavy atom. The van der Waals surface area contributed by atoms with E-state index in [0.29, 0.717) is 6.04 Å². The van der Waals surface area contributed by atoms with Crippen LogP contribution in [0.1, 0.15) is 33.8 Å². The first-order valence-corrected chi connectivity index (χ1v) is 8.57. The minimum absolute atomic E-state index is 0.503. The van der Waals surface area contributed by atoms with Gasteiger partial charge in [-0.15, -0.1) is 22.7 Å². The van der Waals surface area contributed by atoms with E-state index >= 15 is 0 Å². The quantitative estimate of drug-likeness (QED) is 0.835. The molecule has 0 bridgehead atoms. The molecule has 2 nitrogen and oxygen atoms in total. The molecule has 0 spiro atoms. The largest absolute Gasteiger partial charge is 0.313 e. The fourth-order valence-electron chi connectivity index (χ4n) is 2.07. The van der Waals surface area contributed by atoms with Gasteiger partial charge in [0, 0.05) is 22.2 Å². The third kappa shape index (κ3) is 4.41. The predicted octanol–water partition coefficient (Wildman–Crippen LogP) is 3.97. The smallest absolute Gasteiger partial charge is 0.0946 e. The van der Waals surface area contributed by atoms with Crippen LogP contribution < -0.4 is 5.32 Å². The highest BCUT2D eigenvalue weighted by molar-refractivity contribution is 7.11. The average Bonchev–Trinajstić information content (AvgIpc) is 2.98. The number of thiophene rings is 1. The number of hydrogen-bond donors (Lipinski definition) is 1. The molecule has 0 amide bonds. The van der Waals surface area contributed by atoms with Crippen LogP contribution in [0.3, 0.4) is 0 Å². The normalized spacial score (nSPS) is 12.8. The zero-order chi connectivity index (χ0) is 13.7. The molecular weight excluding hydrogens is 272 g/mol. The molecule has 2 rings (SSSR count). The second-order valence-electron chi connectivity index (χ2n) is 4.89. The fourth-order valence-corrected chi connectivity index (χ4v) is 3.87. The molecule has 1 atom stereocenters. The van der Waals surface area contributed by atoms with Crippen LogP contribution in [0.5, 0.6) is 0 Å². The standard InChI is InChI=1S/C15H22N2S2/c1-4-7-16-13(9-14-6-5-8-18-14)10-15-17-11(2)12(3)19-15/h5-6,8,13,16H,4,7,9-10H2,1-3H3. The van der Waals surface area contributed by atoms with Crippen molar-refractivity contribution >= 4 is 22.7 Å². The molecule has 0 aliphatic rings. The van der Waals surface area contributed by atoms with Crippen LogP contribution in [0.15, 0.2) is 17.5 Å². The van der Waals surface area contributed by atoms with E-state index < -0.39 is 0 Å². The van der Waals surface area contributed by atoms with Gasteiger partial charge in [0.2, 0.25) is 0 Å². The molecule has 1 unspecified atom stereocenters. The molecule has 0 fully saturated rings. The second kappa shape index (κ2) is 7.17. The summed E-state index contributed by atoms with van der Waals surface area (Å²) in [5, 5.41) is 7.08. The molecule has 1 N–H and O–H groups in total. The van der Waals surface area contributed by atoms with Crippen molar-refractivity contribution < 1.29 is 0 Å². The lowest BCUT2D eigenvalue weighted by molar-refractivity contribution is 0.506. The molecule has 0 saturated carbocycles. The number of nitrogens with zero attached hydrogens (tertiary/aromatic N) is 1. The highest BCUT2D eigenvalue weighted by atomic mass is 32.1. The molecule has 4 heteroatoms. The maximum atomic E-state index is 4.67. The molecule has 2 aromatic rings. The SMILES string of the molecule is CCCNC(Cc1cccs1)Cc1nc(C)c(C)s1. The molecule has 0 radical (unpaired) electrons. The lowest BCUT2D eigenvalue weighted by Gasteiger charge is -2.16. The van der Waals surface area contributed by atoms with E-state index in [1.807, 2.05) is 22.7 Å². The van der Waals surface area contributed by atoms with Gasteiger partial charge in [-0.1, -0.05) is 13.0 Å². The van der Waals surface area contributed by atoms with E-state index in [2.05, 4.69) is 48.6 Å². The fraction of sp³-hybridized carbons (Fsp3) is 0.533. The van der Waals surface area contributed by atoms with E-state index in [1.54, 1.807) is 0 Å². The van der Waals surface area contributed by atoms with Crippen molar-refractivity contribution in [3.8, 4) is 0 Å². The van der Waals surface area contributed by atoms with Crippen LogP contribution in [0.2, 0.25) is 0 Å². The van der Waals surface area contributed by atoms with Crippen LogP contribution in [0.25, 0.3) is 0 Å². The molecule has 0 aliphatic carbocycles. The Kier molecular flexibility index (Phi) is 5.55. The summed E-state index contributed by atoms with van der Waals surface area (Å²) in [6, 6.07) is 4.86. The van der Waals surface area contributed by atoms with Gasteiger partial charge in [0.05, 0.1) is 10.7 Å². The number of hydrogen-bond acceptors (Lipinski definition) is 4. The van der Waals surface area contributed by atoms with Gasteiger partial charge in [-0.2, -0.15) is 0 Å². The van der Waals surface area contributed by atoms with E-state index in [9.17, 15) is 0 Å². The Bertz CT molecular complexity index is 469. The van der Waals surface area contributed by atoms with Gasteiger partial charge in [-0.05, 0) is 44.7 Å². The lowest BCUT2D eigenvalue weighted by atomic mass is 10.1. The molecule has 0 aliphatic heterocycles. The van der Waals surface area contributed by atoms with Crippen molar-refractivity contribution in [3.63, 3.8) is 0 Å². The number of thiazole rings is 1. The second-order valence-corrected chi connectivity index (χ2v) is 7.21. The van der Waals surface area contributed by atoms with Gasteiger partial charge in [-0.25, -0.2) is 4.98 Å². The third-order valence-corrected chi connectivity index (χ3v) is 5.20. The molecule has 2 aromatic heterocycles. The highest BCUT2D eigenvalue weighted by Gasteiger charge is 2.13. The first kappa shape index (κ1) is 14.7. The summed E-state index contributed by atoms with van der Waals surface area (Å²) in [7, 11) is 0. The zero-order valence-corrected chi connectivity index (χ0v) is 13.5. The van der Waals surface area contributed by atoms with Crippen LogP contribution >= 0.6 is 22.7 Å². The summed E-state index contributed by atoms with van der Waals surface area (Å²) in [5.41, 5.74) is 1.19. The van der Waals surface area contributed by atoms with Crippen LogP contribution in [-0.4, -0.2) is 17.6 Å². The van der Waals surface area contributed by atoms with Gasteiger partial charge in [0.1, 0.15) is 0 Å². The Balaban J connectivity index is 2.00. The Hall–Kier alpha value is -0.710. The number of nitrogens with one attached hydrogen (secondary N) is 1. The minimum Gasteiger partial charge on any atom is -0.313 e. The average molecular weight is 294 g/mol. The minimum atomic E-state index is 0.503. The van der Waals surface area contributed by atoms with Gasteiger partial charge >= 0.3 is 0 Å². The molecule has 2 heterocycles. The summed E-state index contributed by atoms with van der Waals surface area (Å²) in [6.45, 7) is 7.56. The molecule has 19 heavy (non-hydrogen) atoms. The van der Waals surface area contributed by atoms with Crippen molar-refractivity contribution in [1.29, 1.82) is 0 Å². The molecular formula is C15H22N2S2. The van der Waals surface area contributed by atoms with E-state index in [0.717, 1.165) is 19.4 Å². The van der Waals surface area contributed by atoms with Crippen molar-refractivity contribution in [2.24, 2.45) is 0 Å². The van der Waals surface area contributed by atoms with Gasteiger partial charge in [-0.3, -0.25) is 0 Å². The zero-order valence-electron chi connectivity index (χ0n) is 11.9. The van der Waals surface area contributed by atoms with Gasteiger partial charge < -0.3 is 5.32 Å². The molecule has 0 aromatic carbocycles. The summed E-state index contributed by atoms with van der Waals surface area (Å²) in [4.78, 5) is 7.47. The van der Waals surface area contributed by atoms with Gasteiger partial charge in [0.15, 0.2) is 0 Å². The summed E-state index contributed by atoms with van der Waals surface area (Å²) in [5.74, 6) is 0. The highest BCUT2D eigenvalue weighted by Crippen LogP contribution is 2.20. The number of rotatable bonds is 7. The summed E-state index contributed by atoms with van der Waals surface area (Å²) < 4.78 is 0. The monoisotopic (exact) mass is 294 g/mol. The lowest BCUT2D eigenvalue weighted by Crippen LogP contribution is -2.33. The number of aryl methyl sites for hydroxylation is 2. The Morgan fingerprint density at radius 1 is 1.32 bits per heavy atom.